The molecule has 0 aliphatic rings. The number of hydrogen-bond donors (Lipinski definition) is 1. The van der Waals surface area contributed by atoms with Crippen molar-refractivity contribution in [2.24, 2.45) is 0 Å². The number of ether oxygens (including phenoxy) is 2. The van der Waals surface area contributed by atoms with Crippen molar-refractivity contribution in [3.05, 3.63) is 73.7 Å². The highest BCUT2D eigenvalue weighted by atomic mass is 16.5. The van der Waals surface area contributed by atoms with Gasteiger partial charge in [-0.15, -0.1) is 0 Å². The van der Waals surface area contributed by atoms with E-state index in [1.54, 1.807) is 24.3 Å². The zero-order valence-electron chi connectivity index (χ0n) is 11.2. The number of carbonyl (C=O) groups is 1. The Kier molecular flexibility index (Phi) is 4.77. The van der Waals surface area contributed by atoms with Crippen molar-refractivity contribution in [3.8, 4) is 22.6 Å². The first-order valence-corrected chi connectivity index (χ1v) is 6.23. The summed E-state index contributed by atoms with van der Waals surface area (Å²) in [7, 11) is 0. The molecule has 0 saturated carbocycles. The number of phenols is 1. The lowest BCUT2D eigenvalue weighted by molar-refractivity contribution is -0.132. The van der Waals surface area contributed by atoms with Gasteiger partial charge in [0, 0.05) is 6.08 Å². The van der Waals surface area contributed by atoms with Gasteiger partial charge in [-0.3, -0.25) is 0 Å². The van der Waals surface area contributed by atoms with Gasteiger partial charge >= 0.3 is 5.97 Å². The molecule has 0 amide bonds. The molecule has 106 valence electrons. The van der Waals surface area contributed by atoms with E-state index < -0.39 is 5.97 Å². The summed E-state index contributed by atoms with van der Waals surface area (Å²) < 4.78 is 9.91. The topological polar surface area (TPSA) is 55.8 Å². The summed E-state index contributed by atoms with van der Waals surface area (Å²) >= 11 is 0. The van der Waals surface area contributed by atoms with Crippen molar-refractivity contribution in [1.82, 2.24) is 0 Å². The molecule has 21 heavy (non-hydrogen) atoms. The molecule has 0 bridgehead atoms. The molecular formula is C17H14O4. The lowest BCUT2D eigenvalue weighted by Gasteiger charge is -2.04. The van der Waals surface area contributed by atoms with E-state index in [1.807, 2.05) is 24.3 Å². The summed E-state index contributed by atoms with van der Waals surface area (Å²) in [6, 6.07) is 14.3. The number of rotatable bonds is 5. The highest BCUT2D eigenvalue weighted by Gasteiger charge is 1.98. The molecule has 0 heterocycles. The summed E-state index contributed by atoms with van der Waals surface area (Å²) in [6.45, 7) is 3.28. The van der Waals surface area contributed by atoms with E-state index in [9.17, 15) is 9.90 Å². The molecule has 0 spiro atoms. The van der Waals surface area contributed by atoms with E-state index in [0.29, 0.717) is 5.75 Å². The molecule has 4 nitrogen and oxygen atoms in total. The van der Waals surface area contributed by atoms with Gasteiger partial charge in [-0.25, -0.2) is 4.79 Å². The summed E-state index contributed by atoms with van der Waals surface area (Å²) in [5.74, 6) is 0.305. The fourth-order valence-electron chi connectivity index (χ4n) is 1.63. The van der Waals surface area contributed by atoms with Crippen LogP contribution in [0.1, 0.15) is 0 Å². The molecule has 0 saturated heterocycles. The SMILES string of the molecule is C=CC(=O)O/C=C\Oc1ccc(-c2ccc(O)cc2)cc1. The van der Waals surface area contributed by atoms with Crippen LogP contribution in [0.2, 0.25) is 0 Å². The average molecular weight is 282 g/mol. The molecule has 1 N–H and O–H groups in total. The second-order valence-corrected chi connectivity index (χ2v) is 4.10. The number of carbonyl (C=O) groups excluding carboxylic acids is 1. The van der Waals surface area contributed by atoms with Gasteiger partial charge in [0.25, 0.3) is 0 Å². The van der Waals surface area contributed by atoms with Crippen LogP contribution in [0.25, 0.3) is 11.1 Å². The normalized spacial score (nSPS) is 10.3. The minimum atomic E-state index is -0.544. The largest absolute Gasteiger partial charge is 0.508 e. The second-order valence-electron chi connectivity index (χ2n) is 4.10. The summed E-state index contributed by atoms with van der Waals surface area (Å²) in [4.78, 5) is 10.8. The van der Waals surface area contributed by atoms with Gasteiger partial charge in [0.05, 0.1) is 0 Å². The Morgan fingerprint density at radius 1 is 0.952 bits per heavy atom. The van der Waals surface area contributed by atoms with Crippen molar-refractivity contribution < 1.29 is 19.4 Å². The van der Waals surface area contributed by atoms with Crippen molar-refractivity contribution >= 4 is 5.97 Å². The first-order valence-electron chi connectivity index (χ1n) is 6.23. The van der Waals surface area contributed by atoms with Crippen LogP contribution in [-0.2, 0) is 9.53 Å². The monoisotopic (exact) mass is 282 g/mol. The maximum Gasteiger partial charge on any atom is 0.335 e. The first-order chi connectivity index (χ1) is 10.2. The molecule has 0 aromatic heterocycles. The van der Waals surface area contributed by atoms with Crippen molar-refractivity contribution in [3.63, 3.8) is 0 Å². The molecule has 0 fully saturated rings. The van der Waals surface area contributed by atoms with Crippen LogP contribution in [0.3, 0.4) is 0 Å². The zero-order valence-corrected chi connectivity index (χ0v) is 11.2. The van der Waals surface area contributed by atoms with Crippen LogP contribution < -0.4 is 4.74 Å². The zero-order chi connectivity index (χ0) is 15.1. The van der Waals surface area contributed by atoms with Gasteiger partial charge in [-0.1, -0.05) is 30.8 Å². The second kappa shape index (κ2) is 6.96. The van der Waals surface area contributed by atoms with Gasteiger partial charge in [-0.05, 0) is 35.4 Å². The Bertz CT molecular complexity index is 639. The molecule has 2 aromatic rings. The van der Waals surface area contributed by atoms with E-state index in [4.69, 9.17) is 4.74 Å². The minimum Gasteiger partial charge on any atom is -0.508 e. The minimum absolute atomic E-state index is 0.234. The first kappa shape index (κ1) is 14.4. The third kappa shape index (κ3) is 4.24. The molecule has 0 aliphatic heterocycles. The standard InChI is InChI=1S/C17H14O4/c1-2-17(19)21-12-11-20-16-9-5-14(6-10-16)13-3-7-15(18)8-4-13/h2-12,18H,1H2/b12-11-. The maximum absolute atomic E-state index is 10.8. The maximum atomic E-state index is 10.8. The van der Waals surface area contributed by atoms with Gasteiger partial charge in [0.1, 0.15) is 24.0 Å². The predicted molar refractivity (Wildman–Crippen MR) is 79.6 cm³/mol. The molecule has 0 atom stereocenters. The molecule has 2 rings (SSSR count). The molecule has 2 aromatic carbocycles. The Hall–Kier alpha value is -3.01. The fourth-order valence-corrected chi connectivity index (χ4v) is 1.63. The number of benzene rings is 2. The van der Waals surface area contributed by atoms with Gasteiger partial charge in [0.15, 0.2) is 0 Å². The predicted octanol–water partition coefficient (Wildman–Crippen LogP) is 3.64. The lowest BCUT2D eigenvalue weighted by Crippen LogP contribution is -1.93. The summed E-state index contributed by atoms with van der Waals surface area (Å²) in [6.07, 6.45) is 3.49. The molecule has 4 heteroatoms. The van der Waals surface area contributed by atoms with E-state index in [2.05, 4.69) is 11.3 Å². The van der Waals surface area contributed by atoms with Crippen LogP contribution in [0.4, 0.5) is 0 Å². The number of hydrogen-bond acceptors (Lipinski definition) is 4. The Morgan fingerprint density at radius 3 is 2.10 bits per heavy atom. The molecular weight excluding hydrogens is 268 g/mol. The third-order valence-electron chi connectivity index (χ3n) is 2.67. The summed E-state index contributed by atoms with van der Waals surface area (Å²) in [5, 5.41) is 9.26. The fraction of sp³-hybridized carbons (Fsp3) is 0. The quantitative estimate of drug-likeness (QED) is 0.517. The summed E-state index contributed by atoms with van der Waals surface area (Å²) in [5.41, 5.74) is 2.00. The van der Waals surface area contributed by atoms with Crippen LogP contribution >= 0.6 is 0 Å². The van der Waals surface area contributed by atoms with E-state index in [0.717, 1.165) is 23.5 Å². The van der Waals surface area contributed by atoms with Crippen LogP contribution in [-0.4, -0.2) is 11.1 Å². The van der Waals surface area contributed by atoms with E-state index in [-0.39, 0.29) is 5.75 Å². The number of aromatic hydroxyl groups is 1. The van der Waals surface area contributed by atoms with E-state index >= 15 is 0 Å². The van der Waals surface area contributed by atoms with Crippen molar-refractivity contribution in [2.45, 2.75) is 0 Å². The van der Waals surface area contributed by atoms with Crippen LogP contribution in [0.5, 0.6) is 11.5 Å². The number of phenolic OH excluding ortho intramolecular Hbond substituents is 1. The van der Waals surface area contributed by atoms with Crippen molar-refractivity contribution in [2.75, 3.05) is 0 Å². The van der Waals surface area contributed by atoms with Gasteiger partial charge in [-0.2, -0.15) is 0 Å². The van der Waals surface area contributed by atoms with Crippen LogP contribution in [0, 0.1) is 0 Å². The number of esters is 1. The highest BCUT2D eigenvalue weighted by Crippen LogP contribution is 2.24. The lowest BCUT2D eigenvalue weighted by atomic mass is 10.1. The molecule has 0 unspecified atom stereocenters. The van der Waals surface area contributed by atoms with Crippen LogP contribution in [0.15, 0.2) is 73.7 Å². The Balaban J connectivity index is 1.97. The molecule has 0 radical (unpaired) electrons. The van der Waals surface area contributed by atoms with Gasteiger partial charge < -0.3 is 14.6 Å². The van der Waals surface area contributed by atoms with Crippen molar-refractivity contribution in [1.29, 1.82) is 0 Å². The third-order valence-corrected chi connectivity index (χ3v) is 2.67. The Morgan fingerprint density at radius 2 is 1.52 bits per heavy atom. The average Bonchev–Trinajstić information content (AvgIpc) is 2.52. The highest BCUT2D eigenvalue weighted by molar-refractivity contribution is 5.81. The smallest absolute Gasteiger partial charge is 0.335 e. The Labute approximate surface area is 122 Å². The van der Waals surface area contributed by atoms with E-state index in [1.165, 1.54) is 6.26 Å². The molecule has 0 aliphatic carbocycles. The van der Waals surface area contributed by atoms with Gasteiger partial charge in [0.2, 0.25) is 0 Å².